The summed E-state index contributed by atoms with van der Waals surface area (Å²) >= 11 is 1.86. The van der Waals surface area contributed by atoms with Crippen LogP contribution < -0.4 is 26.0 Å². The van der Waals surface area contributed by atoms with Gasteiger partial charge in [-0.1, -0.05) is 256 Å². The topological polar surface area (TPSA) is 22.3 Å². The molecule has 101 heavy (non-hydrogen) atoms. The SMILES string of the molecule is [2H]c1c(-c2ccccc2)c(N2c3cc(-n4c5ccc(C(C)(C)C)cc5c5cc(C(C)(C)C)ccc54)ccc3B3c4ccc(-n5c6ccc(C(C)(C)C)cc6c6cc(C(C)(C)C)ccc65)cc4Sc4cc(-c5ccc6c(c5)C(C)(C)c5ccccc5O6)cc2c43)c(-c2ccccc2)c([2H])c1C(C)(C)C. The van der Waals surface area contributed by atoms with Crippen LogP contribution in [-0.2, 0) is 32.5 Å². The van der Waals surface area contributed by atoms with Gasteiger partial charge in [-0.05, 0) is 203 Å². The van der Waals surface area contributed by atoms with Gasteiger partial charge in [-0.2, -0.15) is 0 Å². The van der Waals surface area contributed by atoms with Crippen molar-refractivity contribution in [3.8, 4) is 56.3 Å². The van der Waals surface area contributed by atoms with E-state index in [4.69, 9.17) is 4.74 Å². The van der Waals surface area contributed by atoms with E-state index < -0.39 is 5.41 Å². The number of fused-ring (bicyclic) bond motifs is 12. The fraction of sp³-hybridized carbons (Fsp3) is 0.242. The molecule has 0 aliphatic carbocycles. The van der Waals surface area contributed by atoms with Crippen LogP contribution in [-0.4, -0.2) is 15.8 Å². The van der Waals surface area contributed by atoms with Crippen molar-refractivity contribution in [2.45, 2.75) is 160 Å². The van der Waals surface area contributed by atoms with Gasteiger partial charge < -0.3 is 18.8 Å². The zero-order valence-electron chi connectivity index (χ0n) is 63.6. The molecule has 0 bridgehead atoms. The molecule has 0 saturated heterocycles. The maximum Gasteiger partial charge on any atom is 0.249 e. The molecule has 0 radical (unpaired) electrons. The van der Waals surface area contributed by atoms with E-state index in [1.807, 2.05) is 11.8 Å². The summed E-state index contributed by atoms with van der Waals surface area (Å²) in [4.78, 5) is 4.87. The number of nitrogens with zero attached hydrogens (tertiary/aromatic N) is 3. The molecule has 0 saturated carbocycles. The molecule has 0 unspecified atom stereocenters. The molecule has 14 aromatic rings. The lowest BCUT2D eigenvalue weighted by molar-refractivity contribution is 0.418. The average Bonchev–Trinajstić information content (AvgIpc) is 0.885. The summed E-state index contributed by atoms with van der Waals surface area (Å²) in [5.41, 5.74) is 25.7. The van der Waals surface area contributed by atoms with E-state index in [0.717, 1.165) is 106 Å². The second kappa shape index (κ2) is 22.6. The number of benzene rings is 12. The molecule has 6 heteroatoms. The maximum atomic E-state index is 10.9. The molecule has 0 atom stereocenters. The van der Waals surface area contributed by atoms with Crippen molar-refractivity contribution in [2.24, 2.45) is 0 Å². The van der Waals surface area contributed by atoms with Gasteiger partial charge in [0.25, 0.3) is 0 Å². The van der Waals surface area contributed by atoms with Crippen LogP contribution in [0.4, 0.5) is 17.1 Å². The van der Waals surface area contributed by atoms with Crippen LogP contribution in [0.15, 0.2) is 246 Å². The highest BCUT2D eigenvalue weighted by Gasteiger charge is 2.44. The molecular weight excluding hydrogens is 1240 g/mol. The van der Waals surface area contributed by atoms with Crippen LogP contribution >= 0.6 is 11.8 Å². The summed E-state index contributed by atoms with van der Waals surface area (Å²) in [6.45, 7) is 38.6. The van der Waals surface area contributed by atoms with Crippen molar-refractivity contribution in [1.29, 1.82) is 0 Å². The highest BCUT2D eigenvalue weighted by atomic mass is 32.2. The van der Waals surface area contributed by atoms with Crippen molar-refractivity contribution in [2.75, 3.05) is 4.90 Å². The highest BCUT2D eigenvalue weighted by Crippen LogP contribution is 2.54. The summed E-state index contributed by atoms with van der Waals surface area (Å²) in [5.74, 6) is 1.75. The van der Waals surface area contributed by atoms with Gasteiger partial charge in [0.2, 0.25) is 6.71 Å². The predicted octanol–water partition coefficient (Wildman–Crippen LogP) is 24.6. The number of rotatable bonds is 6. The Bertz CT molecular complexity index is 5690. The molecule has 17 rings (SSSR count). The second-order valence-corrected chi connectivity index (χ2v) is 35.6. The van der Waals surface area contributed by atoms with Crippen molar-refractivity contribution < 1.29 is 7.48 Å². The lowest BCUT2D eigenvalue weighted by Gasteiger charge is -2.42. The number of anilines is 3. The molecule has 500 valence electrons. The smallest absolute Gasteiger partial charge is 0.249 e. The minimum Gasteiger partial charge on any atom is -0.457 e. The number of aromatic nitrogens is 2. The summed E-state index contributed by atoms with van der Waals surface area (Å²) in [6.07, 6.45) is 0. The van der Waals surface area contributed by atoms with Crippen molar-refractivity contribution in [3.63, 3.8) is 0 Å². The number of hydrogen-bond acceptors (Lipinski definition) is 3. The van der Waals surface area contributed by atoms with Crippen molar-refractivity contribution >= 4 is 95.5 Å². The first-order valence-corrected chi connectivity index (χ1v) is 37.0. The first-order chi connectivity index (χ1) is 48.8. The summed E-state index contributed by atoms with van der Waals surface area (Å²) in [7, 11) is 0. The lowest BCUT2D eigenvalue weighted by atomic mass is 9.34. The van der Waals surface area contributed by atoms with Crippen LogP contribution in [0.2, 0.25) is 0 Å². The van der Waals surface area contributed by atoms with E-state index in [0.29, 0.717) is 17.6 Å². The third kappa shape index (κ3) is 10.5. The van der Waals surface area contributed by atoms with Gasteiger partial charge in [-0.15, -0.1) is 0 Å². The average molecular weight is 1330 g/mol. The predicted molar refractivity (Wildman–Crippen MR) is 433 cm³/mol. The zero-order chi connectivity index (χ0) is 72.1. The zero-order valence-corrected chi connectivity index (χ0v) is 62.4. The fourth-order valence-corrected chi connectivity index (χ4v) is 17.5. The van der Waals surface area contributed by atoms with E-state index in [9.17, 15) is 2.74 Å². The van der Waals surface area contributed by atoms with Crippen LogP contribution in [0.5, 0.6) is 11.5 Å². The molecule has 0 amide bonds. The number of ether oxygens (including phenoxy) is 1. The van der Waals surface area contributed by atoms with E-state index >= 15 is 0 Å². The Morgan fingerprint density at radius 2 is 0.812 bits per heavy atom. The van der Waals surface area contributed by atoms with Crippen LogP contribution in [0.1, 0.15) is 159 Å². The van der Waals surface area contributed by atoms with Crippen LogP contribution in [0.25, 0.3) is 88.4 Å². The van der Waals surface area contributed by atoms with Crippen molar-refractivity contribution in [1.82, 2.24) is 9.13 Å². The van der Waals surface area contributed by atoms with Gasteiger partial charge in [-0.25, -0.2) is 0 Å². The third-order valence-electron chi connectivity index (χ3n) is 22.1. The third-order valence-corrected chi connectivity index (χ3v) is 23.2. The molecule has 3 aliphatic heterocycles. The van der Waals surface area contributed by atoms with Gasteiger partial charge in [0.15, 0.2) is 0 Å². The summed E-state index contributed by atoms with van der Waals surface area (Å²) in [6, 6.07) is 85.1. The molecule has 3 aliphatic rings. The van der Waals surface area contributed by atoms with Gasteiger partial charge in [0.1, 0.15) is 11.5 Å². The maximum absolute atomic E-state index is 10.9. The Hall–Kier alpha value is -9.75. The Kier molecular flexibility index (Phi) is 14.0. The lowest BCUT2D eigenvalue weighted by Crippen LogP contribution is -2.60. The van der Waals surface area contributed by atoms with Gasteiger partial charge in [-0.3, -0.25) is 0 Å². The van der Waals surface area contributed by atoms with E-state index in [1.165, 1.54) is 70.7 Å². The Morgan fingerprint density at radius 1 is 0.366 bits per heavy atom. The second-order valence-electron chi connectivity index (χ2n) is 34.5. The molecule has 0 N–H and O–H groups in total. The molecule has 0 spiro atoms. The van der Waals surface area contributed by atoms with Gasteiger partial charge in [0.05, 0.1) is 30.5 Å². The van der Waals surface area contributed by atoms with Crippen LogP contribution in [0.3, 0.4) is 0 Å². The standard InChI is InChI=1S/C95H90BN3OS/c1-90(2,3)61-33-41-78-70(49-61)71-50-62(91(4,5)6)34-42-79(71)97(78)66-37-39-76-82(55-66)99(89-68(57-26-20-18-21-27-57)53-65(94(13,14)15)54-69(89)58-28-22-19-23-29-58)83-47-60(59-32-45-85-75(46-59)95(16,17)74-30-24-25-31-84(74)100-85)48-87-88(83)96(76)77-40-38-67(56-86(77)101-87)98-80-43-35-63(92(7,8)9)51-72(80)73-52-64(93(10,11)12)36-44-81(73)98/h18-56H,1-17H3/i53D,54D. The normalized spacial score (nSPS) is 14.5. The minimum absolute atomic E-state index is 0.0379. The first-order valence-electron chi connectivity index (χ1n) is 37.2. The quantitative estimate of drug-likeness (QED) is 0.155. The number of para-hydroxylation sites is 1. The monoisotopic (exact) mass is 1330 g/mol. The fourth-order valence-electron chi connectivity index (χ4n) is 16.2. The Balaban J connectivity index is 1.00. The molecule has 4 nitrogen and oxygen atoms in total. The Morgan fingerprint density at radius 3 is 1.30 bits per heavy atom. The minimum atomic E-state index is -0.569. The van der Waals surface area contributed by atoms with E-state index in [2.05, 4.69) is 356 Å². The largest absolute Gasteiger partial charge is 0.457 e. The molecule has 5 heterocycles. The van der Waals surface area contributed by atoms with E-state index in [1.54, 1.807) is 0 Å². The van der Waals surface area contributed by atoms with Crippen molar-refractivity contribution in [3.05, 3.63) is 275 Å². The van der Waals surface area contributed by atoms with Crippen LogP contribution in [0, 0.1) is 0 Å². The molecule has 12 aromatic carbocycles. The van der Waals surface area contributed by atoms with E-state index in [-0.39, 0.29) is 33.8 Å². The van der Waals surface area contributed by atoms with Gasteiger partial charge in [0, 0.05) is 81.8 Å². The first kappa shape index (κ1) is 62.3. The summed E-state index contributed by atoms with van der Waals surface area (Å²) in [5, 5.41) is 4.97. The summed E-state index contributed by atoms with van der Waals surface area (Å²) < 4.78 is 33.6. The molecule has 0 fully saturated rings. The highest BCUT2D eigenvalue weighted by molar-refractivity contribution is 8.00. The van der Waals surface area contributed by atoms with Gasteiger partial charge >= 0.3 is 0 Å². The number of hydrogen-bond donors (Lipinski definition) is 0. The molecular formula is C95H90BN3OS. The Labute approximate surface area is 605 Å². The molecule has 2 aromatic heterocycles.